The molecule has 0 unspecified atom stereocenters. The summed E-state index contributed by atoms with van der Waals surface area (Å²) in [6.07, 6.45) is 1.03. The summed E-state index contributed by atoms with van der Waals surface area (Å²) in [5, 5.41) is 7.76. The second-order valence-electron chi connectivity index (χ2n) is 6.43. The highest BCUT2D eigenvalue weighted by Gasteiger charge is 2.59. The lowest BCUT2D eigenvalue weighted by Crippen LogP contribution is -2.32. The SMILES string of the molecule is CNC(=O)CCNC(=O)CCc1ccc(NC(=O)COC(=O)C2(C(C)=O)SS2)cc1. The summed E-state index contributed by atoms with van der Waals surface area (Å²) in [4.78, 5) is 58.1. The molecule has 1 heterocycles. The predicted octanol–water partition coefficient (Wildman–Crippen LogP) is 1.03. The quantitative estimate of drug-likeness (QED) is 0.196. The van der Waals surface area contributed by atoms with Crippen LogP contribution in [-0.2, 0) is 35.1 Å². The Morgan fingerprint density at radius 1 is 0.967 bits per heavy atom. The van der Waals surface area contributed by atoms with Gasteiger partial charge in [-0.25, -0.2) is 4.79 Å². The highest BCUT2D eigenvalue weighted by atomic mass is 33.2. The van der Waals surface area contributed by atoms with Gasteiger partial charge in [0, 0.05) is 32.1 Å². The number of esters is 1. The minimum atomic E-state index is -1.21. The van der Waals surface area contributed by atoms with Crippen molar-refractivity contribution in [2.24, 2.45) is 0 Å². The number of aryl methyl sites for hydroxylation is 1. The Labute approximate surface area is 181 Å². The molecule has 1 aliphatic heterocycles. The van der Waals surface area contributed by atoms with Crippen molar-refractivity contribution in [3.05, 3.63) is 29.8 Å². The summed E-state index contributed by atoms with van der Waals surface area (Å²) < 4.78 is 3.71. The molecule has 0 atom stereocenters. The third kappa shape index (κ3) is 7.06. The molecule has 0 spiro atoms. The number of carbonyl (C=O) groups is 5. The van der Waals surface area contributed by atoms with E-state index >= 15 is 0 Å². The number of hydrogen-bond donors (Lipinski definition) is 3. The fourth-order valence-corrected chi connectivity index (χ4v) is 4.27. The van der Waals surface area contributed by atoms with Crippen molar-refractivity contribution in [2.45, 2.75) is 30.3 Å². The van der Waals surface area contributed by atoms with Crippen LogP contribution in [0, 0.1) is 0 Å². The zero-order valence-corrected chi connectivity index (χ0v) is 18.2. The number of ether oxygens (including phenoxy) is 1. The van der Waals surface area contributed by atoms with E-state index in [9.17, 15) is 24.0 Å². The maximum atomic E-state index is 11.9. The van der Waals surface area contributed by atoms with E-state index in [1.807, 2.05) is 0 Å². The Morgan fingerprint density at radius 3 is 2.20 bits per heavy atom. The van der Waals surface area contributed by atoms with Crippen LogP contribution in [-0.4, -0.2) is 53.8 Å². The van der Waals surface area contributed by atoms with E-state index in [2.05, 4.69) is 16.0 Å². The molecule has 1 aliphatic rings. The Morgan fingerprint density at radius 2 is 1.63 bits per heavy atom. The average molecular weight is 454 g/mol. The largest absolute Gasteiger partial charge is 0.454 e. The lowest BCUT2D eigenvalue weighted by atomic mass is 10.1. The van der Waals surface area contributed by atoms with Crippen molar-refractivity contribution in [3.63, 3.8) is 0 Å². The van der Waals surface area contributed by atoms with Gasteiger partial charge in [-0.2, -0.15) is 0 Å². The van der Waals surface area contributed by atoms with Crippen molar-refractivity contribution < 1.29 is 28.7 Å². The van der Waals surface area contributed by atoms with Crippen LogP contribution in [0.4, 0.5) is 5.69 Å². The molecule has 3 amide bonds. The molecular weight excluding hydrogens is 430 g/mol. The molecule has 3 N–H and O–H groups in total. The molecule has 11 heteroatoms. The van der Waals surface area contributed by atoms with Crippen molar-refractivity contribution in [1.29, 1.82) is 0 Å². The fourth-order valence-electron chi connectivity index (χ4n) is 2.34. The number of rotatable bonds is 11. The minimum Gasteiger partial charge on any atom is -0.454 e. The summed E-state index contributed by atoms with van der Waals surface area (Å²) >= 11 is 0. The molecule has 30 heavy (non-hydrogen) atoms. The molecule has 1 saturated heterocycles. The number of hydrogen-bond acceptors (Lipinski definition) is 8. The predicted molar refractivity (Wildman–Crippen MR) is 115 cm³/mol. The zero-order chi connectivity index (χ0) is 22.1. The summed E-state index contributed by atoms with van der Waals surface area (Å²) in [5.74, 6) is -1.82. The summed E-state index contributed by atoms with van der Waals surface area (Å²) in [6, 6.07) is 6.92. The van der Waals surface area contributed by atoms with Gasteiger partial charge in [0.1, 0.15) is 0 Å². The zero-order valence-electron chi connectivity index (χ0n) is 16.6. The van der Waals surface area contributed by atoms with E-state index in [4.69, 9.17) is 4.74 Å². The second kappa shape index (κ2) is 11.0. The van der Waals surface area contributed by atoms with Gasteiger partial charge in [-0.15, -0.1) is 0 Å². The monoisotopic (exact) mass is 453 g/mol. The number of anilines is 1. The average Bonchev–Trinajstić information content (AvgIpc) is 3.53. The van der Waals surface area contributed by atoms with Gasteiger partial charge < -0.3 is 20.7 Å². The van der Waals surface area contributed by atoms with Crippen LogP contribution in [0.15, 0.2) is 24.3 Å². The first-order valence-electron chi connectivity index (χ1n) is 9.18. The molecule has 1 aromatic rings. The first kappa shape index (κ1) is 23.7. The van der Waals surface area contributed by atoms with Crippen LogP contribution in [0.25, 0.3) is 0 Å². The van der Waals surface area contributed by atoms with Gasteiger partial charge in [0.05, 0.1) is 0 Å². The van der Waals surface area contributed by atoms with Crippen molar-refractivity contribution >= 4 is 56.7 Å². The van der Waals surface area contributed by atoms with Crippen LogP contribution in [0.5, 0.6) is 0 Å². The third-order valence-corrected chi connectivity index (χ3v) is 7.06. The van der Waals surface area contributed by atoms with Crippen LogP contribution in [0.2, 0.25) is 0 Å². The number of amides is 3. The molecule has 0 aliphatic carbocycles. The van der Waals surface area contributed by atoms with Gasteiger partial charge in [-0.1, -0.05) is 33.7 Å². The maximum absolute atomic E-state index is 11.9. The summed E-state index contributed by atoms with van der Waals surface area (Å²) in [7, 11) is 3.77. The maximum Gasteiger partial charge on any atom is 0.342 e. The Balaban J connectivity index is 1.69. The first-order valence-corrected chi connectivity index (χ1v) is 11.3. The van der Waals surface area contributed by atoms with E-state index in [1.54, 1.807) is 31.3 Å². The van der Waals surface area contributed by atoms with Gasteiger partial charge in [0.15, 0.2) is 12.4 Å². The number of benzene rings is 1. The lowest BCUT2D eigenvalue weighted by molar-refractivity contribution is -0.149. The lowest BCUT2D eigenvalue weighted by Gasteiger charge is -2.10. The standard InChI is InChI=1S/C19H23N3O6S2/c1-12(23)19(29-30-19)18(27)28-11-17(26)22-14-6-3-13(4-7-14)5-8-16(25)21-10-9-15(24)20-2/h3-4,6-7H,5,8-11H2,1-2H3,(H,20,24)(H,21,25)(H,22,26). The summed E-state index contributed by atoms with van der Waals surface area (Å²) in [6.45, 7) is 1.12. The smallest absolute Gasteiger partial charge is 0.342 e. The second-order valence-corrected chi connectivity index (χ2v) is 9.25. The van der Waals surface area contributed by atoms with Gasteiger partial charge in [0.2, 0.25) is 15.9 Å². The Bertz CT molecular complexity index is 824. The normalized spacial score (nSPS) is 13.7. The highest BCUT2D eigenvalue weighted by molar-refractivity contribution is 8.94. The molecule has 0 bridgehead atoms. The van der Waals surface area contributed by atoms with Crippen LogP contribution in [0.1, 0.15) is 25.3 Å². The molecule has 0 aromatic heterocycles. The molecule has 2 rings (SSSR count). The van der Waals surface area contributed by atoms with E-state index in [0.717, 1.165) is 27.2 Å². The van der Waals surface area contributed by atoms with Gasteiger partial charge in [-0.3, -0.25) is 19.2 Å². The minimum absolute atomic E-state index is 0.133. The van der Waals surface area contributed by atoms with E-state index in [0.29, 0.717) is 18.7 Å². The van der Waals surface area contributed by atoms with Gasteiger partial charge in [-0.05, 0) is 31.0 Å². The van der Waals surface area contributed by atoms with Gasteiger partial charge in [0.25, 0.3) is 5.91 Å². The molecule has 0 radical (unpaired) electrons. The van der Waals surface area contributed by atoms with E-state index < -0.39 is 22.6 Å². The molecule has 0 saturated carbocycles. The molecular formula is C19H23N3O6S2. The van der Waals surface area contributed by atoms with Crippen molar-refractivity contribution in [3.8, 4) is 0 Å². The van der Waals surface area contributed by atoms with Crippen molar-refractivity contribution in [2.75, 3.05) is 25.5 Å². The Hall–Kier alpha value is -2.53. The van der Waals surface area contributed by atoms with Crippen molar-refractivity contribution in [1.82, 2.24) is 10.6 Å². The molecule has 162 valence electrons. The number of nitrogens with one attached hydrogen (secondary N) is 3. The fraction of sp³-hybridized carbons (Fsp3) is 0.421. The van der Waals surface area contributed by atoms with E-state index in [1.165, 1.54) is 6.92 Å². The van der Waals surface area contributed by atoms with Gasteiger partial charge >= 0.3 is 5.97 Å². The number of ketones is 1. The highest BCUT2D eigenvalue weighted by Crippen LogP contribution is 2.65. The summed E-state index contributed by atoms with van der Waals surface area (Å²) in [5.41, 5.74) is 1.43. The van der Waals surface area contributed by atoms with E-state index in [-0.39, 0.29) is 30.4 Å². The first-order chi connectivity index (χ1) is 14.3. The molecule has 1 aromatic carbocycles. The third-order valence-electron chi connectivity index (χ3n) is 4.15. The topological polar surface area (TPSA) is 131 Å². The van der Waals surface area contributed by atoms with Crippen LogP contribution in [0.3, 0.4) is 0 Å². The molecule has 9 nitrogen and oxygen atoms in total. The Kier molecular flexibility index (Phi) is 8.72. The van der Waals surface area contributed by atoms with Crippen LogP contribution < -0.4 is 16.0 Å². The molecule has 1 fully saturated rings. The number of Topliss-reactive ketones (excluding diaryl/α,β-unsaturated/α-hetero) is 1. The van der Waals surface area contributed by atoms with Crippen LogP contribution >= 0.6 is 21.6 Å². The number of carbonyl (C=O) groups excluding carboxylic acids is 5.